The Morgan fingerprint density at radius 2 is 1.95 bits per heavy atom. The number of carboxylic acid groups (broad SMARTS) is 1. The van der Waals surface area contributed by atoms with Crippen molar-refractivity contribution < 1.29 is 14.6 Å². The summed E-state index contributed by atoms with van der Waals surface area (Å²) in [4.78, 5) is 11.0. The van der Waals surface area contributed by atoms with Crippen molar-refractivity contribution in [3.63, 3.8) is 0 Å². The van der Waals surface area contributed by atoms with E-state index in [4.69, 9.17) is 9.84 Å². The van der Waals surface area contributed by atoms with Crippen LogP contribution < -0.4 is 5.32 Å². The molecule has 2 rings (SSSR count). The molecular formula is C16H23NO3. The van der Waals surface area contributed by atoms with Crippen molar-refractivity contribution in [2.75, 3.05) is 6.61 Å². The van der Waals surface area contributed by atoms with Gasteiger partial charge in [0.15, 0.2) is 0 Å². The Morgan fingerprint density at radius 1 is 1.35 bits per heavy atom. The smallest absolute Gasteiger partial charge is 0.323 e. The highest BCUT2D eigenvalue weighted by Crippen LogP contribution is 2.29. The first-order valence-corrected chi connectivity index (χ1v) is 7.10. The molecule has 4 nitrogen and oxygen atoms in total. The molecule has 4 heteroatoms. The summed E-state index contributed by atoms with van der Waals surface area (Å²) in [6.07, 6.45) is 1.66. The number of hydrogen-bond donors (Lipinski definition) is 2. The van der Waals surface area contributed by atoms with Crippen LogP contribution in [0.1, 0.15) is 31.9 Å². The molecule has 1 aromatic carbocycles. The van der Waals surface area contributed by atoms with Crippen LogP contribution in [0.3, 0.4) is 0 Å². The van der Waals surface area contributed by atoms with Gasteiger partial charge in [-0.05, 0) is 24.0 Å². The minimum Gasteiger partial charge on any atom is -0.480 e. The van der Waals surface area contributed by atoms with Gasteiger partial charge in [-0.15, -0.1) is 0 Å². The molecule has 0 saturated carbocycles. The third kappa shape index (κ3) is 3.38. The molecule has 0 aromatic heterocycles. The summed E-state index contributed by atoms with van der Waals surface area (Å²) in [7, 11) is 0. The number of hydrogen-bond acceptors (Lipinski definition) is 3. The fourth-order valence-electron chi connectivity index (χ4n) is 2.58. The van der Waals surface area contributed by atoms with Crippen LogP contribution in [0.2, 0.25) is 0 Å². The lowest BCUT2D eigenvalue weighted by Crippen LogP contribution is -2.44. The van der Waals surface area contributed by atoms with Gasteiger partial charge in [-0.3, -0.25) is 10.1 Å². The average Bonchev–Trinajstić information content (AvgIpc) is 2.90. The summed E-state index contributed by atoms with van der Waals surface area (Å²) in [5.41, 5.74) is 2.42. The van der Waals surface area contributed by atoms with Gasteiger partial charge in [0, 0.05) is 5.41 Å². The van der Waals surface area contributed by atoms with Crippen LogP contribution in [0.4, 0.5) is 0 Å². The molecule has 1 heterocycles. The van der Waals surface area contributed by atoms with E-state index in [2.05, 4.69) is 50.4 Å². The highest BCUT2D eigenvalue weighted by Gasteiger charge is 2.39. The molecule has 0 aliphatic carbocycles. The normalized spacial score (nSPS) is 22.9. The van der Waals surface area contributed by atoms with E-state index in [-0.39, 0.29) is 18.2 Å². The van der Waals surface area contributed by atoms with Crippen molar-refractivity contribution in [3.8, 4) is 0 Å². The third-order valence-electron chi connectivity index (χ3n) is 3.88. The Hall–Kier alpha value is -1.39. The molecule has 1 fully saturated rings. The minimum absolute atomic E-state index is 0.155. The first-order chi connectivity index (χ1) is 9.42. The zero-order valence-electron chi connectivity index (χ0n) is 12.3. The van der Waals surface area contributed by atoms with Crippen LogP contribution in [-0.4, -0.2) is 30.0 Å². The maximum Gasteiger partial charge on any atom is 0.323 e. The van der Waals surface area contributed by atoms with E-state index in [0.717, 1.165) is 12.8 Å². The molecule has 1 aliphatic heterocycles. The van der Waals surface area contributed by atoms with Crippen molar-refractivity contribution in [2.45, 2.75) is 45.9 Å². The van der Waals surface area contributed by atoms with Crippen molar-refractivity contribution >= 4 is 5.97 Å². The van der Waals surface area contributed by atoms with E-state index in [9.17, 15) is 4.79 Å². The van der Waals surface area contributed by atoms with E-state index >= 15 is 0 Å². The molecule has 1 saturated heterocycles. The second kappa shape index (κ2) is 5.94. The SMILES string of the molecule is CCc1ccc(CC(C)(C)C2NC(C(=O)O)CO2)cc1. The van der Waals surface area contributed by atoms with Crippen LogP contribution in [-0.2, 0) is 22.4 Å². The largest absolute Gasteiger partial charge is 0.480 e. The van der Waals surface area contributed by atoms with Gasteiger partial charge in [0.2, 0.25) is 0 Å². The van der Waals surface area contributed by atoms with E-state index in [1.165, 1.54) is 11.1 Å². The second-order valence-corrected chi connectivity index (χ2v) is 6.11. The zero-order chi connectivity index (χ0) is 14.8. The first kappa shape index (κ1) is 15.0. The predicted octanol–water partition coefficient (Wildman–Crippen LogP) is 2.22. The van der Waals surface area contributed by atoms with Crippen LogP contribution >= 0.6 is 0 Å². The quantitative estimate of drug-likeness (QED) is 0.866. The molecule has 0 amide bonds. The topological polar surface area (TPSA) is 58.6 Å². The highest BCUT2D eigenvalue weighted by atomic mass is 16.5. The lowest BCUT2D eigenvalue weighted by molar-refractivity contribution is -0.139. The minimum atomic E-state index is -0.851. The zero-order valence-corrected chi connectivity index (χ0v) is 12.3. The summed E-state index contributed by atoms with van der Waals surface area (Å²) < 4.78 is 5.62. The van der Waals surface area contributed by atoms with Gasteiger partial charge < -0.3 is 9.84 Å². The maximum absolute atomic E-state index is 11.0. The summed E-state index contributed by atoms with van der Waals surface area (Å²) >= 11 is 0. The highest BCUT2D eigenvalue weighted by molar-refractivity contribution is 5.73. The number of aryl methyl sites for hydroxylation is 1. The number of aliphatic carboxylic acids is 1. The van der Waals surface area contributed by atoms with Crippen LogP contribution in [0, 0.1) is 5.41 Å². The monoisotopic (exact) mass is 277 g/mol. The lowest BCUT2D eigenvalue weighted by Gasteiger charge is -2.31. The number of benzene rings is 1. The summed E-state index contributed by atoms with van der Waals surface area (Å²) in [6.45, 7) is 6.57. The molecule has 0 radical (unpaired) electrons. The van der Waals surface area contributed by atoms with E-state index in [1.807, 2.05) is 0 Å². The number of carbonyl (C=O) groups is 1. The number of nitrogens with one attached hydrogen (secondary N) is 1. The fraction of sp³-hybridized carbons (Fsp3) is 0.562. The van der Waals surface area contributed by atoms with Gasteiger partial charge in [-0.1, -0.05) is 45.0 Å². The fourth-order valence-corrected chi connectivity index (χ4v) is 2.58. The Kier molecular flexibility index (Phi) is 4.45. The van der Waals surface area contributed by atoms with Crippen molar-refractivity contribution in [2.24, 2.45) is 5.41 Å². The van der Waals surface area contributed by atoms with Crippen molar-refractivity contribution in [3.05, 3.63) is 35.4 Å². The molecule has 1 aromatic rings. The standard InChI is InChI=1S/C16H23NO3/c1-4-11-5-7-12(8-6-11)9-16(2,3)15-17-13(10-20-15)14(18)19/h5-8,13,15,17H,4,9-10H2,1-3H3,(H,18,19). The molecule has 0 bridgehead atoms. The molecule has 2 N–H and O–H groups in total. The molecule has 2 unspecified atom stereocenters. The molecule has 110 valence electrons. The van der Waals surface area contributed by atoms with Crippen molar-refractivity contribution in [1.82, 2.24) is 5.32 Å². The predicted molar refractivity (Wildman–Crippen MR) is 77.6 cm³/mol. The first-order valence-electron chi connectivity index (χ1n) is 7.10. The van der Waals surface area contributed by atoms with Gasteiger partial charge in [0.25, 0.3) is 0 Å². The lowest BCUT2D eigenvalue weighted by atomic mass is 9.83. The van der Waals surface area contributed by atoms with Gasteiger partial charge in [-0.25, -0.2) is 0 Å². The number of rotatable bonds is 5. The number of carboxylic acids is 1. The van der Waals surface area contributed by atoms with Gasteiger partial charge in [0.05, 0.1) is 6.61 Å². The Bertz CT molecular complexity index is 467. The maximum atomic E-state index is 11.0. The van der Waals surface area contributed by atoms with Crippen LogP contribution in [0.25, 0.3) is 0 Å². The summed E-state index contributed by atoms with van der Waals surface area (Å²) in [5.74, 6) is -0.851. The Balaban J connectivity index is 2.01. The number of ether oxygens (including phenoxy) is 1. The third-order valence-corrected chi connectivity index (χ3v) is 3.88. The summed E-state index contributed by atoms with van der Waals surface area (Å²) in [6, 6.07) is 7.98. The second-order valence-electron chi connectivity index (χ2n) is 6.11. The Labute approximate surface area is 120 Å². The van der Waals surface area contributed by atoms with E-state index < -0.39 is 12.0 Å². The van der Waals surface area contributed by atoms with Crippen LogP contribution in [0.5, 0.6) is 0 Å². The molecule has 1 aliphatic rings. The summed E-state index contributed by atoms with van der Waals surface area (Å²) in [5, 5.41) is 12.1. The average molecular weight is 277 g/mol. The molecular weight excluding hydrogens is 254 g/mol. The van der Waals surface area contributed by atoms with E-state index in [1.54, 1.807) is 0 Å². The van der Waals surface area contributed by atoms with Crippen molar-refractivity contribution in [1.29, 1.82) is 0 Å². The van der Waals surface area contributed by atoms with Crippen LogP contribution in [0.15, 0.2) is 24.3 Å². The Morgan fingerprint density at radius 3 is 2.45 bits per heavy atom. The van der Waals surface area contributed by atoms with E-state index in [0.29, 0.717) is 0 Å². The molecule has 20 heavy (non-hydrogen) atoms. The van der Waals surface area contributed by atoms with Gasteiger partial charge in [0.1, 0.15) is 12.3 Å². The van der Waals surface area contributed by atoms with Gasteiger partial charge >= 0.3 is 5.97 Å². The molecule has 0 spiro atoms. The molecule has 2 atom stereocenters. The van der Waals surface area contributed by atoms with Gasteiger partial charge in [-0.2, -0.15) is 0 Å².